The summed E-state index contributed by atoms with van der Waals surface area (Å²) in [5.41, 5.74) is 6.54. The second-order valence-electron chi connectivity index (χ2n) is 6.42. The molecule has 3 heterocycles. The average molecular weight is 335 g/mol. The third-order valence-electron chi connectivity index (χ3n) is 3.97. The van der Waals surface area contributed by atoms with Gasteiger partial charge in [0.15, 0.2) is 0 Å². The first-order valence-corrected chi connectivity index (χ1v) is 7.79. The zero-order chi connectivity index (χ0) is 16.8. The summed E-state index contributed by atoms with van der Waals surface area (Å²) in [7, 11) is 0. The molecule has 2 aromatic rings. The molecular formula is C16H19ClN4O2. The van der Waals surface area contributed by atoms with E-state index < -0.39 is 5.54 Å². The summed E-state index contributed by atoms with van der Waals surface area (Å²) in [5, 5.41) is 2.04. The normalized spacial score (nSPS) is 15.6. The largest absolute Gasteiger partial charge is 0.470 e. The highest BCUT2D eigenvalue weighted by Crippen LogP contribution is 2.33. The van der Waals surface area contributed by atoms with Gasteiger partial charge in [-0.3, -0.25) is 4.79 Å². The Morgan fingerprint density at radius 2 is 2.04 bits per heavy atom. The molecule has 0 aromatic carbocycles. The number of fused-ring (bicyclic) bond motifs is 1. The summed E-state index contributed by atoms with van der Waals surface area (Å²) in [4.78, 5) is 21.5. The van der Waals surface area contributed by atoms with E-state index >= 15 is 0 Å². The Morgan fingerprint density at radius 1 is 1.35 bits per heavy atom. The van der Waals surface area contributed by atoms with Gasteiger partial charge in [-0.15, -0.1) is 0 Å². The first-order chi connectivity index (χ1) is 10.8. The number of carbonyl (C=O) groups excluding carboxylic acids is 1. The van der Waals surface area contributed by atoms with E-state index in [4.69, 9.17) is 22.1 Å². The molecule has 2 aromatic heterocycles. The molecule has 2 N–H and O–H groups in total. The number of hydrogen-bond acceptors (Lipinski definition) is 5. The Hall–Kier alpha value is -1.92. The molecule has 0 bridgehead atoms. The van der Waals surface area contributed by atoms with Crippen LogP contribution in [0.15, 0.2) is 18.5 Å². The Morgan fingerprint density at radius 3 is 2.65 bits per heavy atom. The van der Waals surface area contributed by atoms with Gasteiger partial charge in [-0.05, 0) is 30.9 Å². The lowest BCUT2D eigenvalue weighted by molar-refractivity contribution is -0.137. The number of hydrogen-bond donors (Lipinski definition) is 1. The molecule has 0 saturated carbocycles. The van der Waals surface area contributed by atoms with E-state index in [0.717, 1.165) is 16.3 Å². The van der Waals surface area contributed by atoms with Gasteiger partial charge in [0.2, 0.25) is 11.8 Å². The van der Waals surface area contributed by atoms with Gasteiger partial charge in [-0.2, -0.15) is 0 Å². The van der Waals surface area contributed by atoms with Crippen molar-refractivity contribution in [1.29, 1.82) is 0 Å². The molecule has 1 aliphatic rings. The predicted octanol–water partition coefficient (Wildman–Crippen LogP) is 2.09. The maximum Gasteiger partial charge on any atom is 0.223 e. The third kappa shape index (κ3) is 3.09. The van der Waals surface area contributed by atoms with E-state index in [-0.39, 0.29) is 12.0 Å². The number of rotatable bonds is 3. The standard InChI is InChI=1S/C16H19ClN4O2/c1-9(22)21-7-10(8-21)23-15-12-5-19-14(17)4-11(12)13(6-20-15)16(2,3)18/h4-6,10H,7-8,18H2,1-3H3. The van der Waals surface area contributed by atoms with Gasteiger partial charge in [0.25, 0.3) is 0 Å². The lowest BCUT2D eigenvalue weighted by Crippen LogP contribution is -2.55. The van der Waals surface area contributed by atoms with Crippen molar-refractivity contribution in [3.63, 3.8) is 0 Å². The van der Waals surface area contributed by atoms with E-state index in [1.54, 1.807) is 30.3 Å². The third-order valence-corrected chi connectivity index (χ3v) is 4.17. The number of nitrogens with two attached hydrogens (primary N) is 1. The quantitative estimate of drug-likeness (QED) is 0.869. The van der Waals surface area contributed by atoms with Crippen molar-refractivity contribution < 1.29 is 9.53 Å². The molecule has 1 amide bonds. The molecule has 1 saturated heterocycles. The van der Waals surface area contributed by atoms with Crippen LogP contribution in [0.2, 0.25) is 5.15 Å². The number of pyridine rings is 2. The van der Waals surface area contributed by atoms with E-state index in [9.17, 15) is 4.79 Å². The van der Waals surface area contributed by atoms with Crippen molar-refractivity contribution in [2.75, 3.05) is 13.1 Å². The molecule has 6 nitrogen and oxygen atoms in total. The zero-order valence-electron chi connectivity index (χ0n) is 13.3. The second-order valence-corrected chi connectivity index (χ2v) is 6.80. The summed E-state index contributed by atoms with van der Waals surface area (Å²) in [6, 6.07) is 1.78. The van der Waals surface area contributed by atoms with E-state index in [2.05, 4.69) is 9.97 Å². The van der Waals surface area contributed by atoms with E-state index in [1.807, 2.05) is 13.8 Å². The Bertz CT molecular complexity index is 766. The highest BCUT2D eigenvalue weighted by atomic mass is 35.5. The van der Waals surface area contributed by atoms with E-state index in [0.29, 0.717) is 24.1 Å². The topological polar surface area (TPSA) is 81.3 Å². The fourth-order valence-electron chi connectivity index (χ4n) is 2.62. The first kappa shape index (κ1) is 16.0. The number of aromatic nitrogens is 2. The number of halogens is 1. The van der Waals surface area contributed by atoms with Crippen molar-refractivity contribution in [1.82, 2.24) is 14.9 Å². The molecular weight excluding hydrogens is 316 g/mol. The Balaban J connectivity index is 1.95. The summed E-state index contributed by atoms with van der Waals surface area (Å²) < 4.78 is 5.92. The molecule has 0 radical (unpaired) electrons. The fourth-order valence-corrected chi connectivity index (χ4v) is 2.78. The maximum atomic E-state index is 11.2. The van der Waals surface area contributed by atoms with Gasteiger partial charge in [0.05, 0.1) is 18.5 Å². The van der Waals surface area contributed by atoms with Gasteiger partial charge >= 0.3 is 0 Å². The van der Waals surface area contributed by atoms with Crippen LogP contribution in [0.3, 0.4) is 0 Å². The minimum atomic E-state index is -0.559. The Kier molecular flexibility index (Phi) is 3.90. The van der Waals surface area contributed by atoms with Crippen molar-refractivity contribution in [3.8, 4) is 5.88 Å². The molecule has 0 unspecified atom stereocenters. The van der Waals surface area contributed by atoms with Crippen molar-refractivity contribution in [2.45, 2.75) is 32.4 Å². The molecule has 1 aliphatic heterocycles. The highest BCUT2D eigenvalue weighted by Gasteiger charge is 2.31. The lowest BCUT2D eigenvalue weighted by atomic mass is 9.93. The number of carbonyl (C=O) groups is 1. The van der Waals surface area contributed by atoms with Gasteiger partial charge in [0.1, 0.15) is 11.3 Å². The van der Waals surface area contributed by atoms with Gasteiger partial charge in [0, 0.05) is 24.9 Å². The van der Waals surface area contributed by atoms with Crippen LogP contribution < -0.4 is 10.5 Å². The molecule has 0 atom stereocenters. The molecule has 7 heteroatoms. The first-order valence-electron chi connectivity index (χ1n) is 7.41. The zero-order valence-corrected chi connectivity index (χ0v) is 14.1. The molecule has 3 rings (SSSR count). The Labute approximate surface area is 139 Å². The number of ether oxygens (including phenoxy) is 1. The predicted molar refractivity (Wildman–Crippen MR) is 88.4 cm³/mol. The van der Waals surface area contributed by atoms with Gasteiger partial charge < -0.3 is 15.4 Å². The van der Waals surface area contributed by atoms with Gasteiger partial charge in [-0.1, -0.05) is 11.6 Å². The van der Waals surface area contributed by atoms with Crippen LogP contribution in [0.5, 0.6) is 5.88 Å². The van der Waals surface area contributed by atoms with Crippen LogP contribution in [0.4, 0.5) is 0 Å². The molecule has 0 aliphatic carbocycles. The summed E-state index contributed by atoms with van der Waals surface area (Å²) >= 11 is 6.03. The molecule has 23 heavy (non-hydrogen) atoms. The van der Waals surface area contributed by atoms with E-state index in [1.165, 1.54) is 0 Å². The van der Waals surface area contributed by atoms with Gasteiger partial charge in [-0.25, -0.2) is 9.97 Å². The molecule has 122 valence electrons. The summed E-state index contributed by atoms with van der Waals surface area (Å²) in [6.07, 6.45) is 3.31. The number of amides is 1. The minimum Gasteiger partial charge on any atom is -0.470 e. The van der Waals surface area contributed by atoms with Crippen molar-refractivity contribution >= 4 is 28.3 Å². The molecule has 0 spiro atoms. The summed E-state index contributed by atoms with van der Waals surface area (Å²) in [5.74, 6) is 0.543. The monoisotopic (exact) mass is 334 g/mol. The highest BCUT2D eigenvalue weighted by molar-refractivity contribution is 6.30. The van der Waals surface area contributed by atoms with Crippen LogP contribution in [-0.2, 0) is 10.3 Å². The summed E-state index contributed by atoms with van der Waals surface area (Å²) in [6.45, 7) is 6.52. The van der Waals surface area contributed by atoms with Crippen LogP contribution in [0.1, 0.15) is 26.3 Å². The second kappa shape index (κ2) is 5.62. The van der Waals surface area contributed by atoms with Crippen LogP contribution in [0, 0.1) is 0 Å². The lowest BCUT2D eigenvalue weighted by Gasteiger charge is -2.38. The number of nitrogens with zero attached hydrogens (tertiary/aromatic N) is 3. The minimum absolute atomic E-state index is 0.0522. The average Bonchev–Trinajstić information content (AvgIpc) is 2.39. The maximum absolute atomic E-state index is 11.2. The fraction of sp³-hybridized carbons (Fsp3) is 0.438. The van der Waals surface area contributed by atoms with Crippen molar-refractivity contribution in [3.05, 3.63) is 29.2 Å². The smallest absolute Gasteiger partial charge is 0.223 e. The van der Waals surface area contributed by atoms with Crippen LogP contribution in [-0.4, -0.2) is 40.0 Å². The van der Waals surface area contributed by atoms with Crippen molar-refractivity contribution in [2.24, 2.45) is 5.73 Å². The molecule has 1 fully saturated rings. The van der Waals surface area contributed by atoms with Crippen LogP contribution >= 0.6 is 11.6 Å². The van der Waals surface area contributed by atoms with Crippen LogP contribution in [0.25, 0.3) is 10.8 Å². The SMILES string of the molecule is CC(=O)N1CC(Oc2ncc(C(C)(C)N)c3cc(Cl)ncc23)C1. The number of likely N-dealkylation sites (tertiary alicyclic amines) is 1.